The van der Waals surface area contributed by atoms with Crippen LogP contribution < -0.4 is 0 Å². The van der Waals surface area contributed by atoms with Gasteiger partial charge < -0.3 is 9.64 Å². The quantitative estimate of drug-likeness (QED) is 0.473. The molecule has 0 radical (unpaired) electrons. The molecule has 1 amide bonds. The van der Waals surface area contributed by atoms with Gasteiger partial charge in [0, 0.05) is 25.6 Å². The molecular weight excluding hydrogens is 457 g/mol. The van der Waals surface area contributed by atoms with E-state index in [0.29, 0.717) is 16.8 Å². The number of amides is 1. The molecule has 0 bridgehead atoms. The molecular formula is C25H28FN3O4S. The minimum Gasteiger partial charge on any atom is -0.444 e. The lowest BCUT2D eigenvalue weighted by Crippen LogP contribution is -2.33. The van der Waals surface area contributed by atoms with Gasteiger partial charge >= 0.3 is 6.09 Å². The summed E-state index contributed by atoms with van der Waals surface area (Å²) < 4.78 is 46.5. The van der Waals surface area contributed by atoms with Crippen molar-refractivity contribution >= 4 is 22.2 Å². The van der Waals surface area contributed by atoms with E-state index in [0.717, 1.165) is 5.56 Å². The van der Waals surface area contributed by atoms with Crippen molar-refractivity contribution in [2.75, 3.05) is 12.8 Å². The van der Waals surface area contributed by atoms with Gasteiger partial charge in [-0.15, -0.1) is 0 Å². The summed E-state index contributed by atoms with van der Waals surface area (Å²) in [6, 6.07) is 10.8. The third-order valence-electron chi connectivity index (χ3n) is 4.71. The Bertz CT molecular complexity index is 1260. The molecule has 1 aromatic carbocycles. The van der Waals surface area contributed by atoms with Gasteiger partial charge in [-0.2, -0.15) is 0 Å². The second-order valence-corrected chi connectivity index (χ2v) is 10.7. The number of halogens is 1. The molecule has 2 aromatic heterocycles. The monoisotopic (exact) mass is 485 g/mol. The summed E-state index contributed by atoms with van der Waals surface area (Å²) >= 11 is 0. The highest BCUT2D eigenvalue weighted by molar-refractivity contribution is 7.90. The number of ether oxygens (including phenoxy) is 1. The first-order chi connectivity index (χ1) is 15.9. The first kappa shape index (κ1) is 25.2. The van der Waals surface area contributed by atoms with E-state index in [1.54, 1.807) is 64.5 Å². The van der Waals surface area contributed by atoms with Crippen molar-refractivity contribution in [3.8, 4) is 11.3 Å². The average Bonchev–Trinajstić information content (AvgIpc) is 3.18. The Hall–Kier alpha value is -3.46. The van der Waals surface area contributed by atoms with Crippen LogP contribution >= 0.6 is 0 Å². The molecule has 7 nitrogen and oxygen atoms in total. The molecule has 34 heavy (non-hydrogen) atoms. The second kappa shape index (κ2) is 10.2. The predicted molar refractivity (Wildman–Crippen MR) is 130 cm³/mol. The molecule has 3 rings (SSSR count). The Morgan fingerprint density at radius 3 is 2.53 bits per heavy atom. The lowest BCUT2D eigenvalue weighted by molar-refractivity contribution is 0.0285. The third-order valence-corrected chi connectivity index (χ3v) is 6.22. The number of aromatic nitrogens is 2. The molecule has 2 heterocycles. The number of nitrogens with zero attached hydrogens (tertiary/aromatic N) is 3. The molecule has 0 aliphatic heterocycles. The third kappa shape index (κ3) is 6.77. The molecule has 180 valence electrons. The van der Waals surface area contributed by atoms with Gasteiger partial charge in [0.25, 0.3) is 0 Å². The Balaban J connectivity index is 1.91. The summed E-state index contributed by atoms with van der Waals surface area (Å²) in [6.45, 7) is 5.45. The molecule has 0 atom stereocenters. The van der Waals surface area contributed by atoms with E-state index in [4.69, 9.17) is 4.74 Å². The van der Waals surface area contributed by atoms with Crippen molar-refractivity contribution in [1.82, 2.24) is 13.9 Å². The SMILES string of the molecule is CN(Cc1cc(-c2ccc(F)cc2)n(S(=O)(=O)CC=Cc2cccnc2)c1)C(=O)OC(C)(C)C. The Labute approximate surface area is 199 Å². The molecule has 0 fully saturated rings. The Morgan fingerprint density at radius 2 is 1.91 bits per heavy atom. The van der Waals surface area contributed by atoms with Gasteiger partial charge in [-0.1, -0.05) is 18.2 Å². The number of carbonyl (C=O) groups excluding carboxylic acids is 1. The second-order valence-electron chi connectivity index (χ2n) is 8.84. The molecule has 9 heteroatoms. The van der Waals surface area contributed by atoms with Crippen LogP contribution in [-0.4, -0.2) is 46.8 Å². The molecule has 0 saturated heterocycles. The van der Waals surface area contributed by atoms with Crippen molar-refractivity contribution in [3.63, 3.8) is 0 Å². The number of benzene rings is 1. The summed E-state index contributed by atoms with van der Waals surface area (Å²) in [5, 5.41) is 0. The zero-order valence-corrected chi connectivity index (χ0v) is 20.4. The van der Waals surface area contributed by atoms with Crippen LogP contribution in [-0.2, 0) is 21.3 Å². The van der Waals surface area contributed by atoms with Crippen LogP contribution in [0.1, 0.15) is 31.9 Å². The number of hydrogen-bond acceptors (Lipinski definition) is 5. The van der Waals surface area contributed by atoms with E-state index >= 15 is 0 Å². The summed E-state index contributed by atoms with van der Waals surface area (Å²) in [7, 11) is -2.22. The summed E-state index contributed by atoms with van der Waals surface area (Å²) in [4.78, 5) is 17.7. The average molecular weight is 486 g/mol. The highest BCUT2D eigenvalue weighted by Crippen LogP contribution is 2.26. The maximum absolute atomic E-state index is 13.5. The van der Waals surface area contributed by atoms with Gasteiger partial charge in [0.1, 0.15) is 11.4 Å². The molecule has 0 aliphatic carbocycles. The summed E-state index contributed by atoms with van der Waals surface area (Å²) in [6.07, 6.45) is 7.46. The highest BCUT2D eigenvalue weighted by atomic mass is 32.2. The lowest BCUT2D eigenvalue weighted by Gasteiger charge is -2.24. The van der Waals surface area contributed by atoms with Crippen molar-refractivity contribution in [2.45, 2.75) is 32.9 Å². The molecule has 0 N–H and O–H groups in total. The Kier molecular flexibility index (Phi) is 7.56. The fraction of sp³-hybridized carbons (Fsp3) is 0.280. The first-order valence-corrected chi connectivity index (χ1v) is 12.3. The topological polar surface area (TPSA) is 81.5 Å². The van der Waals surface area contributed by atoms with E-state index < -0.39 is 27.5 Å². The van der Waals surface area contributed by atoms with Gasteiger partial charge in [0.05, 0.1) is 18.0 Å². The fourth-order valence-corrected chi connectivity index (χ4v) is 4.44. The first-order valence-electron chi connectivity index (χ1n) is 10.7. The maximum Gasteiger partial charge on any atom is 0.410 e. The zero-order chi connectivity index (χ0) is 24.9. The minimum absolute atomic E-state index is 0.136. The molecule has 0 saturated carbocycles. The van der Waals surface area contributed by atoms with Gasteiger partial charge in [0.2, 0.25) is 10.0 Å². The smallest absolute Gasteiger partial charge is 0.410 e. The van der Waals surface area contributed by atoms with E-state index in [9.17, 15) is 17.6 Å². The largest absolute Gasteiger partial charge is 0.444 e. The van der Waals surface area contributed by atoms with Crippen LogP contribution in [0, 0.1) is 5.82 Å². The van der Waals surface area contributed by atoms with Crippen molar-refractivity contribution in [1.29, 1.82) is 0 Å². The van der Waals surface area contributed by atoms with Crippen molar-refractivity contribution in [3.05, 3.63) is 84.1 Å². The summed E-state index contributed by atoms with van der Waals surface area (Å²) in [5.41, 5.74) is 1.63. The van der Waals surface area contributed by atoms with Crippen LogP contribution in [0.15, 0.2) is 67.1 Å². The highest BCUT2D eigenvalue weighted by Gasteiger charge is 2.23. The Morgan fingerprint density at radius 1 is 1.21 bits per heavy atom. The zero-order valence-electron chi connectivity index (χ0n) is 19.6. The number of rotatable bonds is 7. The van der Waals surface area contributed by atoms with Crippen molar-refractivity contribution in [2.24, 2.45) is 0 Å². The fourth-order valence-electron chi connectivity index (χ4n) is 3.18. The molecule has 3 aromatic rings. The maximum atomic E-state index is 13.5. The minimum atomic E-state index is -3.80. The van der Waals surface area contributed by atoms with E-state index in [-0.39, 0.29) is 12.3 Å². The van der Waals surface area contributed by atoms with Crippen LogP contribution in [0.5, 0.6) is 0 Å². The van der Waals surface area contributed by atoms with E-state index in [1.165, 1.54) is 39.3 Å². The molecule has 0 spiro atoms. The van der Waals surface area contributed by atoms with Crippen LogP contribution in [0.3, 0.4) is 0 Å². The normalized spacial score (nSPS) is 12.1. The van der Waals surface area contributed by atoms with Crippen LogP contribution in [0.25, 0.3) is 17.3 Å². The van der Waals surface area contributed by atoms with Gasteiger partial charge in [-0.3, -0.25) is 4.98 Å². The van der Waals surface area contributed by atoms with E-state index in [1.807, 2.05) is 6.07 Å². The standard InChI is InChI=1S/C25H28FN3O4S/c1-25(2,3)33-24(30)28(4)17-20-15-23(21-9-11-22(26)12-10-21)29(18-20)34(31,32)14-6-8-19-7-5-13-27-16-19/h5-13,15-16,18H,14,17H2,1-4H3. The molecule has 0 unspecified atom stereocenters. The van der Waals surface area contributed by atoms with Gasteiger partial charge in [0.15, 0.2) is 0 Å². The number of pyridine rings is 1. The van der Waals surface area contributed by atoms with E-state index in [2.05, 4.69) is 4.98 Å². The summed E-state index contributed by atoms with van der Waals surface area (Å²) in [5.74, 6) is -0.680. The van der Waals surface area contributed by atoms with Gasteiger partial charge in [-0.25, -0.2) is 21.6 Å². The predicted octanol–water partition coefficient (Wildman–Crippen LogP) is 4.95. The molecule has 0 aliphatic rings. The number of carbonyl (C=O) groups is 1. The van der Waals surface area contributed by atoms with Crippen LogP contribution in [0.2, 0.25) is 0 Å². The number of hydrogen-bond donors (Lipinski definition) is 0. The van der Waals surface area contributed by atoms with Crippen LogP contribution in [0.4, 0.5) is 9.18 Å². The lowest BCUT2D eigenvalue weighted by atomic mass is 10.1. The van der Waals surface area contributed by atoms with Gasteiger partial charge in [-0.05, 0) is 73.9 Å². The van der Waals surface area contributed by atoms with Crippen molar-refractivity contribution < 1.29 is 22.3 Å².